The number of hydrogen-bond acceptors (Lipinski definition) is 4. The predicted octanol–water partition coefficient (Wildman–Crippen LogP) is 2.79. The molecule has 0 heterocycles. The number of amides is 1. The van der Waals surface area contributed by atoms with Crippen molar-refractivity contribution < 1.29 is 18.7 Å². The van der Waals surface area contributed by atoms with Gasteiger partial charge < -0.3 is 14.8 Å². The molecule has 0 aromatic heterocycles. The van der Waals surface area contributed by atoms with Crippen molar-refractivity contribution in [3.05, 3.63) is 53.8 Å². The maximum atomic E-state index is 12.8. The van der Waals surface area contributed by atoms with Gasteiger partial charge in [0.1, 0.15) is 17.3 Å². The van der Waals surface area contributed by atoms with E-state index in [0.717, 1.165) is 5.56 Å². The number of hydrogen-bond donors (Lipinski definition) is 3. The summed E-state index contributed by atoms with van der Waals surface area (Å²) < 4.78 is 23.3. The van der Waals surface area contributed by atoms with E-state index >= 15 is 0 Å². The van der Waals surface area contributed by atoms with E-state index in [-0.39, 0.29) is 23.3 Å². The number of halogens is 1. The quantitative estimate of drug-likeness (QED) is 0.531. The Balaban J connectivity index is 1.78. The molecular formula is C18H20FN3O3S. The van der Waals surface area contributed by atoms with Crippen molar-refractivity contribution in [2.75, 3.05) is 19.5 Å². The second-order valence-electron chi connectivity index (χ2n) is 5.36. The molecule has 0 unspecified atom stereocenters. The Morgan fingerprint density at radius 2 is 1.65 bits per heavy atom. The number of ether oxygens (including phenoxy) is 2. The molecule has 2 rings (SSSR count). The maximum Gasteiger partial charge on any atom is 0.238 e. The SMILES string of the molecule is COc1cc(CCC(=O)NNC(=S)Nc2ccc(F)cc2)cc(OC)c1. The zero-order valence-electron chi connectivity index (χ0n) is 14.5. The molecule has 0 saturated heterocycles. The minimum atomic E-state index is -0.336. The second kappa shape index (κ2) is 9.57. The molecular weight excluding hydrogens is 357 g/mol. The minimum absolute atomic E-state index is 0.202. The van der Waals surface area contributed by atoms with Crippen LogP contribution in [-0.2, 0) is 11.2 Å². The lowest BCUT2D eigenvalue weighted by Crippen LogP contribution is -2.43. The van der Waals surface area contributed by atoms with Crippen LogP contribution >= 0.6 is 12.2 Å². The van der Waals surface area contributed by atoms with E-state index in [1.165, 1.54) is 12.1 Å². The molecule has 0 atom stereocenters. The van der Waals surface area contributed by atoms with Crippen molar-refractivity contribution in [2.45, 2.75) is 12.8 Å². The number of hydrazine groups is 1. The largest absolute Gasteiger partial charge is 0.497 e. The normalized spacial score (nSPS) is 9.96. The molecule has 26 heavy (non-hydrogen) atoms. The topological polar surface area (TPSA) is 71.6 Å². The number of benzene rings is 2. The van der Waals surface area contributed by atoms with Gasteiger partial charge in [-0.3, -0.25) is 15.6 Å². The summed E-state index contributed by atoms with van der Waals surface area (Å²) in [5.74, 6) is 0.775. The molecule has 3 N–H and O–H groups in total. The lowest BCUT2D eigenvalue weighted by molar-refractivity contribution is -0.121. The van der Waals surface area contributed by atoms with Gasteiger partial charge in [0.25, 0.3) is 0 Å². The lowest BCUT2D eigenvalue weighted by atomic mass is 10.1. The van der Waals surface area contributed by atoms with Crippen molar-refractivity contribution in [3.63, 3.8) is 0 Å². The Morgan fingerprint density at radius 1 is 1.04 bits per heavy atom. The fraction of sp³-hybridized carbons (Fsp3) is 0.222. The summed E-state index contributed by atoms with van der Waals surface area (Å²) in [6.07, 6.45) is 0.766. The van der Waals surface area contributed by atoms with Crippen LogP contribution in [0.15, 0.2) is 42.5 Å². The summed E-state index contributed by atoms with van der Waals surface area (Å²) in [4.78, 5) is 12.0. The fourth-order valence-corrected chi connectivity index (χ4v) is 2.32. The number of nitrogens with one attached hydrogen (secondary N) is 3. The number of methoxy groups -OCH3 is 2. The highest BCUT2D eigenvalue weighted by molar-refractivity contribution is 7.80. The van der Waals surface area contributed by atoms with E-state index in [1.807, 2.05) is 12.1 Å². The van der Waals surface area contributed by atoms with Gasteiger partial charge in [-0.15, -0.1) is 0 Å². The molecule has 2 aromatic rings. The fourth-order valence-electron chi connectivity index (χ4n) is 2.15. The summed E-state index contributed by atoms with van der Waals surface area (Å²) in [7, 11) is 3.15. The molecule has 0 spiro atoms. The third-order valence-electron chi connectivity index (χ3n) is 3.47. The van der Waals surface area contributed by atoms with Gasteiger partial charge in [-0.1, -0.05) is 0 Å². The zero-order valence-corrected chi connectivity index (χ0v) is 15.3. The third kappa shape index (κ3) is 6.21. The zero-order chi connectivity index (χ0) is 18.9. The van der Waals surface area contributed by atoms with Crippen molar-refractivity contribution >= 4 is 28.9 Å². The second-order valence-corrected chi connectivity index (χ2v) is 5.76. The first-order chi connectivity index (χ1) is 12.5. The van der Waals surface area contributed by atoms with E-state index in [9.17, 15) is 9.18 Å². The Labute approximate surface area is 156 Å². The predicted molar refractivity (Wildman–Crippen MR) is 102 cm³/mol. The molecule has 0 aliphatic heterocycles. The van der Waals surface area contributed by atoms with Crippen molar-refractivity contribution in [2.24, 2.45) is 0 Å². The molecule has 0 fully saturated rings. The summed E-state index contributed by atoms with van der Waals surface area (Å²) in [5, 5.41) is 3.04. The Kier molecular flexibility index (Phi) is 7.16. The van der Waals surface area contributed by atoms with Crippen molar-refractivity contribution in [1.82, 2.24) is 10.9 Å². The molecule has 0 aliphatic carbocycles. The summed E-state index contributed by atoms with van der Waals surface area (Å²) >= 11 is 5.07. The van der Waals surface area contributed by atoms with E-state index in [0.29, 0.717) is 23.6 Å². The molecule has 1 amide bonds. The highest BCUT2D eigenvalue weighted by atomic mass is 32.1. The van der Waals surface area contributed by atoms with Crippen LogP contribution < -0.4 is 25.6 Å². The number of aryl methyl sites for hydroxylation is 1. The third-order valence-corrected chi connectivity index (χ3v) is 3.67. The van der Waals surface area contributed by atoms with Crippen LogP contribution in [0.2, 0.25) is 0 Å². The summed E-state index contributed by atoms with van der Waals surface area (Å²) in [6.45, 7) is 0. The lowest BCUT2D eigenvalue weighted by Gasteiger charge is -2.12. The molecule has 0 aliphatic rings. The van der Waals surface area contributed by atoms with Crippen LogP contribution in [0.3, 0.4) is 0 Å². The molecule has 138 valence electrons. The van der Waals surface area contributed by atoms with Crippen LogP contribution in [0, 0.1) is 5.82 Å². The van der Waals surface area contributed by atoms with E-state index in [2.05, 4.69) is 16.2 Å². The smallest absolute Gasteiger partial charge is 0.238 e. The van der Waals surface area contributed by atoms with Gasteiger partial charge >= 0.3 is 0 Å². The highest BCUT2D eigenvalue weighted by Gasteiger charge is 2.06. The number of carbonyl (C=O) groups is 1. The van der Waals surface area contributed by atoms with Gasteiger partial charge in [0, 0.05) is 18.2 Å². The van der Waals surface area contributed by atoms with Gasteiger partial charge in [0.15, 0.2) is 5.11 Å². The van der Waals surface area contributed by atoms with E-state index in [1.54, 1.807) is 32.4 Å². The molecule has 0 saturated carbocycles. The molecule has 8 heteroatoms. The average Bonchev–Trinajstić information content (AvgIpc) is 2.66. The first-order valence-corrected chi connectivity index (χ1v) is 8.24. The molecule has 6 nitrogen and oxygen atoms in total. The summed E-state index contributed by atoms with van der Waals surface area (Å²) in [6, 6.07) is 11.2. The number of thiocarbonyl (C=S) groups is 1. The van der Waals surface area contributed by atoms with E-state index in [4.69, 9.17) is 21.7 Å². The van der Waals surface area contributed by atoms with Gasteiger partial charge in [-0.05, 0) is 60.6 Å². The van der Waals surface area contributed by atoms with Crippen LogP contribution in [0.4, 0.5) is 10.1 Å². The van der Waals surface area contributed by atoms with Gasteiger partial charge in [-0.2, -0.15) is 0 Å². The van der Waals surface area contributed by atoms with Gasteiger partial charge in [0.2, 0.25) is 5.91 Å². The van der Waals surface area contributed by atoms with Crippen LogP contribution in [0.5, 0.6) is 11.5 Å². The minimum Gasteiger partial charge on any atom is -0.497 e. The number of carbonyl (C=O) groups excluding carboxylic acids is 1. The van der Waals surface area contributed by atoms with Crippen molar-refractivity contribution in [1.29, 1.82) is 0 Å². The highest BCUT2D eigenvalue weighted by Crippen LogP contribution is 2.23. The monoisotopic (exact) mass is 377 g/mol. The van der Waals surface area contributed by atoms with Crippen LogP contribution in [-0.4, -0.2) is 25.2 Å². The van der Waals surface area contributed by atoms with E-state index < -0.39 is 0 Å². The number of rotatable bonds is 6. The molecule has 0 radical (unpaired) electrons. The Bertz CT molecular complexity index is 747. The average molecular weight is 377 g/mol. The summed E-state index contributed by atoms with van der Waals surface area (Å²) in [5.41, 5.74) is 6.65. The van der Waals surface area contributed by atoms with Gasteiger partial charge in [-0.25, -0.2) is 4.39 Å². The first-order valence-electron chi connectivity index (χ1n) is 7.83. The maximum absolute atomic E-state index is 12.8. The Hall–Kier alpha value is -2.87. The number of anilines is 1. The van der Waals surface area contributed by atoms with Crippen LogP contribution in [0.1, 0.15) is 12.0 Å². The van der Waals surface area contributed by atoms with Crippen LogP contribution in [0.25, 0.3) is 0 Å². The Morgan fingerprint density at radius 3 is 2.23 bits per heavy atom. The standard InChI is InChI=1S/C18H20FN3O3S/c1-24-15-9-12(10-16(11-15)25-2)3-8-17(23)21-22-18(26)20-14-6-4-13(19)5-7-14/h4-7,9-11H,3,8H2,1-2H3,(H,21,23)(H2,20,22,26). The van der Waals surface area contributed by atoms with Crippen molar-refractivity contribution in [3.8, 4) is 11.5 Å². The molecule has 2 aromatic carbocycles. The van der Waals surface area contributed by atoms with Gasteiger partial charge in [0.05, 0.1) is 14.2 Å². The molecule has 0 bridgehead atoms. The first kappa shape index (κ1) is 19.5.